The molecule has 0 saturated carbocycles. The lowest BCUT2D eigenvalue weighted by molar-refractivity contribution is -0.385. The maximum Gasteiger partial charge on any atom is 0.311 e. The molecule has 0 fully saturated rings. The van der Waals surface area contributed by atoms with Gasteiger partial charge < -0.3 is 9.26 Å². The molecule has 0 N–H and O–H groups in total. The molecule has 0 aliphatic heterocycles. The van der Waals surface area contributed by atoms with Crippen LogP contribution in [0.25, 0.3) is 0 Å². The third kappa shape index (κ3) is 4.06. The summed E-state index contributed by atoms with van der Waals surface area (Å²) in [5.41, 5.74) is 1.17. The van der Waals surface area contributed by atoms with E-state index in [0.717, 1.165) is 0 Å². The van der Waals surface area contributed by atoms with E-state index in [0.29, 0.717) is 11.3 Å². The number of hydrogen-bond donors (Lipinski definition) is 0. The standard InChI is InChI=1S/C15H24N2O4Si/c1-11(16-21-22(6,7)15(2,3)4)12-8-9-14(20-5)13(10-12)17(18)19/h8-10H,1-7H3/b16-11+. The van der Waals surface area contributed by atoms with Crippen molar-refractivity contribution in [3.63, 3.8) is 0 Å². The fraction of sp³-hybridized carbons (Fsp3) is 0.533. The molecule has 0 aliphatic rings. The summed E-state index contributed by atoms with van der Waals surface area (Å²) in [4.78, 5) is 10.6. The molecule has 1 aromatic rings. The van der Waals surface area contributed by atoms with Crippen molar-refractivity contribution in [3.05, 3.63) is 33.9 Å². The lowest BCUT2D eigenvalue weighted by Crippen LogP contribution is -2.39. The molecule has 0 bridgehead atoms. The number of benzene rings is 1. The third-order valence-corrected chi connectivity index (χ3v) is 8.17. The molecular weight excluding hydrogens is 300 g/mol. The molecule has 0 aliphatic carbocycles. The van der Waals surface area contributed by atoms with Crippen molar-refractivity contribution in [1.29, 1.82) is 0 Å². The number of hydrogen-bond acceptors (Lipinski definition) is 5. The zero-order chi connectivity index (χ0) is 17.1. The van der Waals surface area contributed by atoms with Crippen molar-refractivity contribution in [2.24, 2.45) is 5.16 Å². The Balaban J connectivity index is 3.08. The predicted octanol–water partition coefficient (Wildman–Crippen LogP) is 4.35. The van der Waals surface area contributed by atoms with Gasteiger partial charge in [-0.05, 0) is 37.2 Å². The van der Waals surface area contributed by atoms with E-state index in [4.69, 9.17) is 9.26 Å². The minimum absolute atomic E-state index is 0.0443. The van der Waals surface area contributed by atoms with Crippen molar-refractivity contribution in [2.75, 3.05) is 7.11 Å². The van der Waals surface area contributed by atoms with Crippen molar-refractivity contribution < 1.29 is 14.2 Å². The number of oxime groups is 1. The number of rotatable bonds is 5. The van der Waals surface area contributed by atoms with Gasteiger partial charge in [0.1, 0.15) is 0 Å². The summed E-state index contributed by atoms with van der Waals surface area (Å²) in [5.74, 6) is 0.229. The highest BCUT2D eigenvalue weighted by Crippen LogP contribution is 2.36. The van der Waals surface area contributed by atoms with Gasteiger partial charge in [-0.1, -0.05) is 20.8 Å². The Morgan fingerprint density at radius 3 is 2.36 bits per heavy atom. The average Bonchev–Trinajstić information content (AvgIpc) is 2.42. The van der Waals surface area contributed by atoms with Gasteiger partial charge in [0, 0.05) is 11.6 Å². The van der Waals surface area contributed by atoms with Gasteiger partial charge in [0.25, 0.3) is 8.32 Å². The summed E-state index contributed by atoms with van der Waals surface area (Å²) in [6.07, 6.45) is 0. The molecule has 0 spiro atoms. The highest BCUT2D eigenvalue weighted by molar-refractivity contribution is 6.74. The van der Waals surface area contributed by atoms with Crippen molar-refractivity contribution >= 4 is 19.7 Å². The zero-order valence-electron chi connectivity index (χ0n) is 14.3. The van der Waals surface area contributed by atoms with Crippen LogP contribution in [0.3, 0.4) is 0 Å². The SMILES string of the molecule is COc1ccc(/C(C)=N/O[Si](C)(C)C(C)(C)C)cc1[N+](=O)[O-]. The van der Waals surface area contributed by atoms with E-state index in [1.165, 1.54) is 13.2 Å². The Hall–Kier alpha value is -1.89. The first-order valence-corrected chi connectivity index (χ1v) is 9.96. The topological polar surface area (TPSA) is 74.0 Å². The van der Waals surface area contributed by atoms with Crippen LogP contribution in [0, 0.1) is 10.1 Å². The minimum atomic E-state index is -2.00. The van der Waals surface area contributed by atoms with E-state index in [1.54, 1.807) is 19.1 Å². The largest absolute Gasteiger partial charge is 0.490 e. The quantitative estimate of drug-likeness (QED) is 0.349. The summed E-state index contributed by atoms with van der Waals surface area (Å²) >= 11 is 0. The lowest BCUT2D eigenvalue weighted by atomic mass is 10.1. The molecule has 0 saturated heterocycles. The smallest absolute Gasteiger partial charge is 0.311 e. The van der Waals surface area contributed by atoms with E-state index in [-0.39, 0.29) is 16.5 Å². The van der Waals surface area contributed by atoms with Gasteiger partial charge in [-0.2, -0.15) is 0 Å². The Bertz CT molecular complexity index is 592. The molecule has 6 nitrogen and oxygen atoms in total. The second kappa shape index (κ2) is 6.47. The van der Waals surface area contributed by atoms with Gasteiger partial charge in [-0.3, -0.25) is 10.1 Å². The number of nitro groups is 1. The van der Waals surface area contributed by atoms with Crippen LogP contribution in [0.15, 0.2) is 23.4 Å². The zero-order valence-corrected chi connectivity index (χ0v) is 15.3. The van der Waals surface area contributed by atoms with Gasteiger partial charge in [0.05, 0.1) is 17.7 Å². The molecule has 7 heteroatoms. The summed E-state index contributed by atoms with van der Waals surface area (Å²) < 4.78 is 10.8. The van der Waals surface area contributed by atoms with Crippen molar-refractivity contribution in [2.45, 2.75) is 45.8 Å². The fourth-order valence-corrected chi connectivity index (χ4v) is 2.07. The number of nitro benzene ring substituents is 1. The first kappa shape index (κ1) is 18.2. The highest BCUT2D eigenvalue weighted by atomic mass is 28.4. The Morgan fingerprint density at radius 1 is 1.32 bits per heavy atom. The molecule has 0 atom stereocenters. The van der Waals surface area contributed by atoms with Crippen LogP contribution in [-0.4, -0.2) is 26.1 Å². The molecule has 0 heterocycles. The number of ether oxygens (including phenoxy) is 1. The summed E-state index contributed by atoms with van der Waals surface area (Å²) in [6.45, 7) is 12.4. The van der Waals surface area contributed by atoms with Gasteiger partial charge in [0.2, 0.25) is 0 Å². The Labute approximate surface area is 132 Å². The summed E-state index contributed by atoms with van der Waals surface area (Å²) in [7, 11) is -0.594. The number of methoxy groups -OCH3 is 1. The molecule has 0 amide bonds. The van der Waals surface area contributed by atoms with Crippen LogP contribution in [0.5, 0.6) is 5.75 Å². The monoisotopic (exact) mass is 324 g/mol. The molecule has 1 rings (SSSR count). The minimum Gasteiger partial charge on any atom is -0.490 e. The first-order chi connectivity index (χ1) is 9.99. The molecule has 0 unspecified atom stereocenters. The molecule has 122 valence electrons. The van der Waals surface area contributed by atoms with Gasteiger partial charge in [-0.25, -0.2) is 0 Å². The van der Waals surface area contributed by atoms with Crippen LogP contribution in [0.2, 0.25) is 18.1 Å². The van der Waals surface area contributed by atoms with Crippen LogP contribution in [0.4, 0.5) is 5.69 Å². The Kier molecular flexibility index (Phi) is 5.34. The van der Waals surface area contributed by atoms with Gasteiger partial charge >= 0.3 is 5.69 Å². The summed E-state index contributed by atoms with van der Waals surface area (Å²) in [5, 5.41) is 15.3. The molecule has 0 aromatic heterocycles. The number of nitrogens with zero attached hydrogens (tertiary/aromatic N) is 2. The van der Waals surface area contributed by atoms with Crippen LogP contribution < -0.4 is 4.74 Å². The third-order valence-electron chi connectivity index (χ3n) is 4.01. The predicted molar refractivity (Wildman–Crippen MR) is 90.1 cm³/mol. The maximum atomic E-state index is 11.1. The second-order valence-corrected chi connectivity index (χ2v) is 11.4. The van der Waals surface area contributed by atoms with Gasteiger partial charge in [0.15, 0.2) is 5.75 Å². The molecule has 1 aromatic carbocycles. The second-order valence-electron chi connectivity index (χ2n) is 6.67. The van der Waals surface area contributed by atoms with E-state index in [1.807, 2.05) is 0 Å². The van der Waals surface area contributed by atoms with Crippen molar-refractivity contribution in [1.82, 2.24) is 0 Å². The highest BCUT2D eigenvalue weighted by Gasteiger charge is 2.39. The van der Waals surface area contributed by atoms with Crippen molar-refractivity contribution in [3.8, 4) is 5.75 Å². The van der Waals surface area contributed by atoms with Crippen LogP contribution >= 0.6 is 0 Å². The molecule has 22 heavy (non-hydrogen) atoms. The molecular formula is C15H24N2O4Si. The van der Waals surface area contributed by atoms with E-state index in [9.17, 15) is 10.1 Å². The van der Waals surface area contributed by atoms with E-state index < -0.39 is 13.2 Å². The Morgan fingerprint density at radius 2 is 1.91 bits per heavy atom. The first-order valence-electron chi connectivity index (χ1n) is 7.05. The van der Waals surface area contributed by atoms with E-state index >= 15 is 0 Å². The van der Waals surface area contributed by atoms with Crippen LogP contribution in [0.1, 0.15) is 33.3 Å². The van der Waals surface area contributed by atoms with E-state index in [2.05, 4.69) is 39.0 Å². The van der Waals surface area contributed by atoms with Crippen LogP contribution in [-0.2, 0) is 4.53 Å². The average molecular weight is 324 g/mol. The molecule has 0 radical (unpaired) electrons. The normalized spacial score (nSPS) is 13.0. The fourth-order valence-electron chi connectivity index (χ4n) is 1.43. The summed E-state index contributed by atoms with van der Waals surface area (Å²) in [6, 6.07) is 4.76. The lowest BCUT2D eigenvalue weighted by Gasteiger charge is -2.33. The maximum absolute atomic E-state index is 11.1. The van der Waals surface area contributed by atoms with Gasteiger partial charge in [-0.15, -0.1) is 5.16 Å².